The third kappa shape index (κ3) is 11.1. The molecule has 6 radical (unpaired) electrons. The Morgan fingerprint density at radius 2 is 1.65 bits per heavy atom. The predicted octanol–water partition coefficient (Wildman–Crippen LogP) is -0.435. The van der Waals surface area contributed by atoms with Crippen LogP contribution in [0.15, 0.2) is 11.6 Å². The number of aliphatic hydroxyl groups excluding tert-OH is 2. The quantitative estimate of drug-likeness (QED) is 0.321. The Kier molecular flexibility index (Phi) is 34.4. The first-order chi connectivity index (χ1) is 6.64. The van der Waals surface area contributed by atoms with Gasteiger partial charge in [-0.25, -0.2) is 0 Å². The predicted molar refractivity (Wildman–Crippen MR) is 49.7 cm³/mol. The summed E-state index contributed by atoms with van der Waals surface area (Å²) < 4.78 is 5.45. The Morgan fingerprint density at radius 1 is 1.10 bits per heavy atom. The van der Waals surface area contributed by atoms with E-state index >= 15 is 0 Å². The smallest absolute Gasteiger partial charge is 0.0933 e. The van der Waals surface area contributed by atoms with Gasteiger partial charge in [-0.05, 0) is 12.0 Å². The van der Waals surface area contributed by atoms with E-state index in [-0.39, 0.29) is 215 Å². The van der Waals surface area contributed by atoms with E-state index in [0.29, 0.717) is 13.0 Å². The maximum atomic E-state index is 9.87. The summed E-state index contributed by atoms with van der Waals surface area (Å²) in [7, 11) is 0. The summed E-state index contributed by atoms with van der Waals surface area (Å²) in [4.78, 5) is 0. The molecule has 20 heavy (non-hydrogen) atoms. The van der Waals surface area contributed by atoms with Gasteiger partial charge in [0, 0.05) is 209 Å². The summed E-state index contributed by atoms with van der Waals surface area (Å²) in [5.41, 5.74) is -0.312. The topological polar surface area (TPSA) is 69.9 Å². The van der Waals surface area contributed by atoms with Crippen molar-refractivity contribution in [1.29, 1.82) is 0 Å². The summed E-state index contributed by atoms with van der Waals surface area (Å²) >= 11 is 0. The third-order valence-corrected chi connectivity index (χ3v) is 3.01. The summed E-state index contributed by atoms with van der Waals surface area (Å²) in [6, 6.07) is 0. The van der Waals surface area contributed by atoms with E-state index in [2.05, 4.69) is 0 Å². The van der Waals surface area contributed by atoms with Crippen molar-refractivity contribution in [1.82, 2.24) is 0 Å². The monoisotopic (exact) mass is 734 g/mol. The van der Waals surface area contributed by atoms with Gasteiger partial charge in [-0.2, -0.15) is 0 Å². The van der Waals surface area contributed by atoms with Crippen LogP contribution < -0.4 is 0 Å². The number of ether oxygens (including phenoxy) is 1. The van der Waals surface area contributed by atoms with E-state index in [1.165, 1.54) is 0 Å². The van der Waals surface area contributed by atoms with Crippen molar-refractivity contribution in [2.75, 3.05) is 13.2 Å². The van der Waals surface area contributed by atoms with E-state index in [9.17, 15) is 10.2 Å². The molecule has 10 heteroatoms. The van der Waals surface area contributed by atoms with Crippen molar-refractivity contribution < 1.29 is 216 Å². The van der Waals surface area contributed by atoms with Crippen molar-refractivity contribution in [3.05, 3.63) is 11.6 Å². The van der Waals surface area contributed by atoms with Gasteiger partial charge in [0.15, 0.2) is 0 Å². The molecule has 0 saturated heterocycles. The van der Waals surface area contributed by atoms with E-state index in [1.807, 2.05) is 6.08 Å². The number of fused-ring (bicyclic) bond motifs is 1. The molecule has 98 valence electrons. The summed E-state index contributed by atoms with van der Waals surface area (Å²) in [6.07, 6.45) is 2.49. The Balaban J connectivity index is -0.000000125. The van der Waals surface area contributed by atoms with Gasteiger partial charge in [0.25, 0.3) is 0 Å². The van der Waals surface area contributed by atoms with Crippen molar-refractivity contribution >= 4 is 0 Å². The molecule has 2 aliphatic rings. The molecule has 2 rings (SSSR count). The van der Waals surface area contributed by atoms with Crippen LogP contribution in [0, 0.1) is 0 Å². The van der Waals surface area contributed by atoms with Gasteiger partial charge >= 0.3 is 0 Å². The number of hydrogen-bond acceptors (Lipinski definition) is 4. The number of rotatable bonds is 1. The first kappa shape index (κ1) is 37.0. The minimum atomic E-state index is -1.18. The van der Waals surface area contributed by atoms with Crippen LogP contribution in [0.3, 0.4) is 0 Å². The molecule has 0 spiro atoms. The maximum absolute atomic E-state index is 9.87. The van der Waals surface area contributed by atoms with E-state index < -0.39 is 11.7 Å². The van der Waals surface area contributed by atoms with Crippen LogP contribution in [-0.2, 0) is 201 Å². The summed E-state index contributed by atoms with van der Waals surface area (Å²) in [5.74, 6) is 0. The molecule has 1 saturated carbocycles. The molecule has 3 atom stereocenters. The fourth-order valence-corrected chi connectivity index (χ4v) is 2.23. The maximum Gasteiger partial charge on any atom is 0.0933 e. The van der Waals surface area contributed by atoms with E-state index in [4.69, 9.17) is 9.84 Å². The molecule has 0 aromatic carbocycles. The number of hydrogen-bond donors (Lipinski definition) is 3. The van der Waals surface area contributed by atoms with Crippen LogP contribution >= 0.6 is 0 Å². The Hall–Kier alpha value is 6.20. The Labute approximate surface area is 271 Å². The minimum absolute atomic E-state index is 0. The van der Waals surface area contributed by atoms with Crippen molar-refractivity contribution in [2.24, 2.45) is 0 Å². The zero-order valence-electron chi connectivity index (χ0n) is 11.5. The first-order valence-corrected chi connectivity index (χ1v) is 4.97. The van der Waals surface area contributed by atoms with Crippen LogP contribution in [0.2, 0.25) is 0 Å². The summed E-state index contributed by atoms with van der Waals surface area (Å²) in [5, 5.41) is 28.6. The van der Waals surface area contributed by atoms with E-state index in [0.717, 1.165) is 12.0 Å². The van der Waals surface area contributed by atoms with Crippen molar-refractivity contribution in [3.8, 4) is 0 Å². The fourth-order valence-electron chi connectivity index (χ4n) is 2.23. The average Bonchev–Trinajstić information content (AvgIpc) is 2.18. The van der Waals surface area contributed by atoms with Crippen molar-refractivity contribution in [3.63, 3.8) is 0 Å². The molecule has 1 aliphatic carbocycles. The van der Waals surface area contributed by atoms with Crippen LogP contribution in [0.1, 0.15) is 19.3 Å². The Bertz CT molecular complexity index is 268. The van der Waals surface area contributed by atoms with Gasteiger partial charge in [0.1, 0.15) is 0 Å². The molecule has 1 fully saturated rings. The molecular formula is C10H16O4Y6. The second-order valence-corrected chi connectivity index (χ2v) is 4.16. The molecular weight excluding hydrogens is 718 g/mol. The van der Waals surface area contributed by atoms with Gasteiger partial charge in [-0.3, -0.25) is 0 Å². The molecule has 1 heterocycles. The van der Waals surface area contributed by atoms with Gasteiger partial charge in [-0.15, -0.1) is 0 Å². The SMILES string of the molecule is OC[C@@]1(O)C[C@@H](O)C2=CCCO[C@@H]2C1.[Y].[Y].[Y].[Y].[Y].[Y]. The normalized spacial score (nSPS) is 30.1. The zero-order chi connectivity index (χ0) is 10.2. The molecule has 0 aromatic rings. The minimum Gasteiger partial charge on any atom is -0.393 e. The van der Waals surface area contributed by atoms with Crippen LogP contribution in [0.4, 0.5) is 0 Å². The molecule has 0 bridgehead atoms. The molecule has 0 amide bonds. The van der Waals surface area contributed by atoms with Gasteiger partial charge in [0.2, 0.25) is 0 Å². The standard InChI is InChI=1S/C10H16O4.6Y/c11-6-10(13)4-8(12)7-2-1-3-14-9(7)5-10;;;;;;/h2,8-9,11-13H,1,3-6H2;;;;;;/t8-,9-,10-;;;;;;/m1....../s1. The first-order valence-electron chi connectivity index (χ1n) is 4.97. The molecule has 0 unspecified atom stereocenters. The molecule has 3 N–H and O–H groups in total. The van der Waals surface area contributed by atoms with Gasteiger partial charge < -0.3 is 20.1 Å². The second-order valence-electron chi connectivity index (χ2n) is 4.16. The van der Waals surface area contributed by atoms with Crippen LogP contribution in [0.5, 0.6) is 0 Å². The van der Waals surface area contributed by atoms with Crippen LogP contribution in [0.25, 0.3) is 0 Å². The van der Waals surface area contributed by atoms with E-state index in [1.54, 1.807) is 0 Å². The zero-order valence-corrected chi connectivity index (χ0v) is 28.5. The largest absolute Gasteiger partial charge is 0.393 e. The Morgan fingerprint density at radius 3 is 2.15 bits per heavy atom. The molecule has 4 nitrogen and oxygen atoms in total. The van der Waals surface area contributed by atoms with Crippen molar-refractivity contribution in [2.45, 2.75) is 37.1 Å². The van der Waals surface area contributed by atoms with Gasteiger partial charge in [0.05, 0.1) is 31.0 Å². The second kappa shape index (κ2) is 18.6. The third-order valence-electron chi connectivity index (χ3n) is 3.01. The number of aliphatic hydroxyl groups is 3. The van der Waals surface area contributed by atoms with Gasteiger partial charge in [-0.1, -0.05) is 6.08 Å². The van der Waals surface area contributed by atoms with Crippen LogP contribution in [-0.4, -0.2) is 46.3 Å². The average molecular weight is 734 g/mol. The fraction of sp³-hybridized carbons (Fsp3) is 0.800. The molecule has 0 aromatic heterocycles. The molecule has 1 aliphatic heterocycles. The summed E-state index contributed by atoms with van der Waals surface area (Å²) in [6.45, 7) is 0.305.